The molecule has 0 heteroatoms. The van der Waals surface area contributed by atoms with Gasteiger partial charge < -0.3 is 0 Å². The fourth-order valence-corrected chi connectivity index (χ4v) is 0. The first-order valence-electron chi connectivity index (χ1n) is 1.49. The Hall–Kier alpha value is -0.260. The van der Waals surface area contributed by atoms with Crippen molar-refractivity contribution in [1.29, 1.82) is 0 Å². The highest BCUT2D eigenvalue weighted by molar-refractivity contribution is 4.68. The van der Waals surface area contributed by atoms with Crippen molar-refractivity contribution in [2.24, 2.45) is 0 Å². The van der Waals surface area contributed by atoms with Gasteiger partial charge in [-0.15, -0.1) is 0 Å². The third-order valence-corrected chi connectivity index (χ3v) is 0.333. The lowest BCUT2D eigenvalue weighted by atomic mass is 10.6. The summed E-state index contributed by atoms with van der Waals surface area (Å²) in [4.78, 5) is 0. The summed E-state index contributed by atoms with van der Waals surface area (Å²) < 4.78 is 0. The molecule has 6 heavy (non-hydrogen) atoms. The monoisotopic (exact) mass is 88.1 g/mol. The summed E-state index contributed by atoms with van der Waals surface area (Å²) >= 11 is 0. The zero-order chi connectivity index (χ0) is 3.41. The van der Waals surface area contributed by atoms with E-state index in [2.05, 4.69) is 0 Å². The van der Waals surface area contributed by atoms with Crippen molar-refractivity contribution in [1.82, 2.24) is 0 Å². The first kappa shape index (κ1) is 17.2. The largest absolute Gasteiger partial charge is 0.0919 e. The normalized spacial score (nSPS) is 6.33. The van der Waals surface area contributed by atoms with Gasteiger partial charge in [0.2, 0.25) is 0 Å². The standard InChI is InChI=1S/C4H8.2CH4/c1-3-4-2;;/h3-4H,1-2H3;2*1H4. The molecule has 0 amide bonds. The van der Waals surface area contributed by atoms with Crippen LogP contribution in [0.1, 0.15) is 28.7 Å². The van der Waals surface area contributed by atoms with Gasteiger partial charge in [-0.25, -0.2) is 0 Å². The fourth-order valence-electron chi connectivity index (χ4n) is 0. The van der Waals surface area contributed by atoms with E-state index in [9.17, 15) is 0 Å². The Bertz CT molecular complexity index is 15.2. The predicted octanol–water partition coefficient (Wildman–Crippen LogP) is 2.85. The molecule has 0 fully saturated rings. The summed E-state index contributed by atoms with van der Waals surface area (Å²) in [6.45, 7) is 4.00. The minimum atomic E-state index is 0. The molecule has 0 aromatic heterocycles. The molecule has 0 spiro atoms. The Morgan fingerprint density at radius 1 is 0.833 bits per heavy atom. The van der Waals surface area contributed by atoms with Crippen LogP contribution in [-0.4, -0.2) is 0 Å². The van der Waals surface area contributed by atoms with Crippen molar-refractivity contribution < 1.29 is 0 Å². The van der Waals surface area contributed by atoms with Crippen molar-refractivity contribution in [2.75, 3.05) is 0 Å². The molecule has 0 radical (unpaired) electrons. The zero-order valence-electron chi connectivity index (χ0n) is 3.15. The Kier molecular flexibility index (Phi) is 62.7. The van der Waals surface area contributed by atoms with E-state index in [0.29, 0.717) is 0 Å². The topological polar surface area (TPSA) is 0 Å². The van der Waals surface area contributed by atoms with Gasteiger partial charge in [-0.05, 0) is 13.8 Å². The molecule has 0 aliphatic heterocycles. The molecule has 0 aliphatic rings. The minimum Gasteiger partial charge on any atom is -0.0919 e. The van der Waals surface area contributed by atoms with E-state index in [1.807, 2.05) is 26.0 Å². The van der Waals surface area contributed by atoms with E-state index < -0.39 is 0 Å². The van der Waals surface area contributed by atoms with Gasteiger partial charge in [0.05, 0.1) is 0 Å². The first-order valence-corrected chi connectivity index (χ1v) is 1.49. The maximum absolute atomic E-state index is 2.00. The maximum Gasteiger partial charge on any atom is -0.0470 e. The smallest absolute Gasteiger partial charge is 0.0470 e. The minimum absolute atomic E-state index is 0. The average Bonchev–Trinajstić information content (AvgIpc) is 1.37. The Morgan fingerprint density at radius 2 is 1.00 bits per heavy atom. The lowest BCUT2D eigenvalue weighted by Crippen LogP contribution is -1.26. The molecule has 0 bridgehead atoms. The molecule has 0 unspecified atom stereocenters. The summed E-state index contributed by atoms with van der Waals surface area (Å²) in [5.41, 5.74) is 0. The molecule has 0 saturated carbocycles. The molecule has 0 rings (SSSR count). The molecule has 0 N–H and O–H groups in total. The Balaban J connectivity index is -0.0000000450. The summed E-state index contributed by atoms with van der Waals surface area (Å²) in [5.74, 6) is 0. The second-order valence-electron chi connectivity index (χ2n) is 0.667. The summed E-state index contributed by atoms with van der Waals surface area (Å²) in [6.07, 6.45) is 4.00. The number of allylic oxidation sites excluding steroid dienone is 2. The van der Waals surface area contributed by atoms with Crippen molar-refractivity contribution in [2.45, 2.75) is 28.7 Å². The average molecular weight is 88.2 g/mol. The summed E-state index contributed by atoms with van der Waals surface area (Å²) in [7, 11) is 0. The lowest BCUT2D eigenvalue weighted by molar-refractivity contribution is 1.64. The quantitative estimate of drug-likeness (QED) is 0.399. The van der Waals surface area contributed by atoms with E-state index in [4.69, 9.17) is 0 Å². The zero-order valence-corrected chi connectivity index (χ0v) is 3.15. The molecule has 0 aromatic rings. The van der Waals surface area contributed by atoms with Crippen LogP contribution in [0, 0.1) is 0 Å². The van der Waals surface area contributed by atoms with E-state index in [1.165, 1.54) is 0 Å². The predicted molar refractivity (Wildman–Crippen MR) is 33.9 cm³/mol. The number of hydrogen-bond acceptors (Lipinski definition) is 0. The second kappa shape index (κ2) is 21.9. The molecule has 0 aliphatic carbocycles. The Labute approximate surface area is 41.9 Å². The first-order chi connectivity index (χ1) is 1.91. The summed E-state index contributed by atoms with van der Waals surface area (Å²) in [6, 6.07) is 0. The van der Waals surface area contributed by atoms with Gasteiger partial charge in [-0.1, -0.05) is 27.0 Å². The van der Waals surface area contributed by atoms with Crippen LogP contribution in [0.3, 0.4) is 0 Å². The van der Waals surface area contributed by atoms with Gasteiger partial charge in [0.1, 0.15) is 0 Å². The van der Waals surface area contributed by atoms with Gasteiger partial charge >= 0.3 is 0 Å². The van der Waals surface area contributed by atoms with Crippen LogP contribution in [0.15, 0.2) is 12.2 Å². The highest BCUT2D eigenvalue weighted by Crippen LogP contribution is 1.57. The molecular weight excluding hydrogens is 72.1 g/mol. The van der Waals surface area contributed by atoms with Gasteiger partial charge in [0, 0.05) is 0 Å². The Morgan fingerprint density at radius 3 is 1.00 bits per heavy atom. The second-order valence-corrected chi connectivity index (χ2v) is 0.667. The van der Waals surface area contributed by atoms with Crippen LogP contribution in [0.25, 0.3) is 0 Å². The molecule has 0 saturated heterocycles. The van der Waals surface area contributed by atoms with Crippen molar-refractivity contribution >= 4 is 0 Å². The summed E-state index contributed by atoms with van der Waals surface area (Å²) in [5, 5.41) is 0. The van der Waals surface area contributed by atoms with Crippen LogP contribution in [0.2, 0.25) is 0 Å². The van der Waals surface area contributed by atoms with Crippen molar-refractivity contribution in [3.8, 4) is 0 Å². The highest BCUT2D eigenvalue weighted by atomic mass is 13.4. The van der Waals surface area contributed by atoms with Gasteiger partial charge in [-0.2, -0.15) is 0 Å². The van der Waals surface area contributed by atoms with E-state index in [0.717, 1.165) is 0 Å². The van der Waals surface area contributed by atoms with E-state index >= 15 is 0 Å². The molecule has 0 nitrogen and oxygen atoms in total. The van der Waals surface area contributed by atoms with Crippen LogP contribution in [0.5, 0.6) is 0 Å². The van der Waals surface area contributed by atoms with Gasteiger partial charge in [-0.3, -0.25) is 0 Å². The molecule has 0 aromatic carbocycles. The molecular formula is C6H16. The van der Waals surface area contributed by atoms with Gasteiger partial charge in [0.15, 0.2) is 0 Å². The van der Waals surface area contributed by atoms with Crippen LogP contribution in [-0.2, 0) is 0 Å². The van der Waals surface area contributed by atoms with Crippen LogP contribution < -0.4 is 0 Å². The molecule has 0 heterocycles. The van der Waals surface area contributed by atoms with Crippen molar-refractivity contribution in [3.05, 3.63) is 12.2 Å². The van der Waals surface area contributed by atoms with Crippen LogP contribution in [0.4, 0.5) is 0 Å². The third kappa shape index (κ3) is 51.3. The fraction of sp³-hybridized carbons (Fsp3) is 0.667. The number of rotatable bonds is 0. The van der Waals surface area contributed by atoms with Gasteiger partial charge in [0.25, 0.3) is 0 Å². The van der Waals surface area contributed by atoms with Crippen molar-refractivity contribution in [3.63, 3.8) is 0 Å². The lowest BCUT2D eigenvalue weighted by Gasteiger charge is -1.49. The van der Waals surface area contributed by atoms with E-state index in [1.54, 1.807) is 0 Å². The highest BCUT2D eigenvalue weighted by Gasteiger charge is 1.34. The SMILES string of the molecule is C.C.CC=CC. The van der Waals surface area contributed by atoms with Crippen LogP contribution >= 0.6 is 0 Å². The molecule has 40 valence electrons. The van der Waals surface area contributed by atoms with E-state index in [-0.39, 0.29) is 14.9 Å². The third-order valence-electron chi connectivity index (χ3n) is 0.333. The molecule has 0 atom stereocenters. The number of hydrogen-bond donors (Lipinski definition) is 0. The maximum atomic E-state index is 2.00.